The van der Waals surface area contributed by atoms with Crippen molar-refractivity contribution in [2.24, 2.45) is 4.99 Å². The standard InChI is InChI=1S/C22H31N5O2/c1-4-27-13-5-6-18(27)16-26-22(23-2)25-15-17-7-12-21(24-14-17)29-20-10-8-19(28-3)9-11-20/h7-12,14,18H,4-6,13,15-16H2,1-3H3,(H2,23,25,26). The molecular weight excluding hydrogens is 366 g/mol. The summed E-state index contributed by atoms with van der Waals surface area (Å²) in [6.45, 7) is 6.10. The summed E-state index contributed by atoms with van der Waals surface area (Å²) in [7, 11) is 3.44. The zero-order valence-corrected chi connectivity index (χ0v) is 17.5. The number of guanidine groups is 1. The first-order valence-corrected chi connectivity index (χ1v) is 10.2. The lowest BCUT2D eigenvalue weighted by Gasteiger charge is -2.24. The van der Waals surface area contributed by atoms with Gasteiger partial charge in [0.2, 0.25) is 5.88 Å². The summed E-state index contributed by atoms with van der Waals surface area (Å²) in [5.41, 5.74) is 1.06. The summed E-state index contributed by atoms with van der Waals surface area (Å²) in [6.07, 6.45) is 4.34. The molecule has 0 amide bonds. The number of nitrogens with zero attached hydrogens (tertiary/aromatic N) is 3. The second-order valence-electron chi connectivity index (χ2n) is 7.01. The second kappa shape index (κ2) is 10.7. The van der Waals surface area contributed by atoms with E-state index >= 15 is 0 Å². The molecule has 1 aliphatic rings. The quantitative estimate of drug-likeness (QED) is 0.527. The zero-order chi connectivity index (χ0) is 20.5. The van der Waals surface area contributed by atoms with E-state index in [1.54, 1.807) is 14.2 Å². The van der Waals surface area contributed by atoms with Gasteiger partial charge in [-0.2, -0.15) is 0 Å². The van der Waals surface area contributed by atoms with E-state index < -0.39 is 0 Å². The van der Waals surface area contributed by atoms with Crippen LogP contribution in [0, 0.1) is 0 Å². The van der Waals surface area contributed by atoms with Gasteiger partial charge in [-0.05, 0) is 55.8 Å². The number of likely N-dealkylation sites (tertiary alicyclic amines) is 1. The monoisotopic (exact) mass is 397 g/mol. The van der Waals surface area contributed by atoms with Crippen LogP contribution in [0.5, 0.6) is 17.4 Å². The van der Waals surface area contributed by atoms with E-state index in [2.05, 4.69) is 32.4 Å². The summed E-state index contributed by atoms with van der Waals surface area (Å²) in [4.78, 5) is 11.2. The molecule has 29 heavy (non-hydrogen) atoms. The van der Waals surface area contributed by atoms with E-state index in [1.165, 1.54) is 19.4 Å². The van der Waals surface area contributed by atoms with Crippen LogP contribution >= 0.6 is 0 Å². The van der Waals surface area contributed by atoms with Crippen molar-refractivity contribution in [3.63, 3.8) is 0 Å². The van der Waals surface area contributed by atoms with Crippen molar-refractivity contribution in [2.45, 2.75) is 32.4 Å². The first kappa shape index (κ1) is 20.9. The van der Waals surface area contributed by atoms with Crippen LogP contribution in [-0.2, 0) is 6.54 Å². The van der Waals surface area contributed by atoms with Crippen molar-refractivity contribution in [3.8, 4) is 17.4 Å². The highest BCUT2D eigenvalue weighted by Crippen LogP contribution is 2.22. The molecule has 1 atom stereocenters. The Kier molecular flexibility index (Phi) is 7.69. The number of likely N-dealkylation sites (N-methyl/N-ethyl adjacent to an activating group) is 1. The summed E-state index contributed by atoms with van der Waals surface area (Å²) in [5, 5.41) is 6.79. The number of aliphatic imine (C=N–C) groups is 1. The molecule has 3 rings (SSSR count). The molecule has 156 valence electrons. The Balaban J connectivity index is 1.45. The van der Waals surface area contributed by atoms with Crippen molar-refractivity contribution in [3.05, 3.63) is 48.2 Å². The number of ether oxygens (including phenoxy) is 2. The fourth-order valence-corrected chi connectivity index (χ4v) is 3.50. The van der Waals surface area contributed by atoms with Crippen LogP contribution < -0.4 is 20.1 Å². The smallest absolute Gasteiger partial charge is 0.219 e. The predicted molar refractivity (Wildman–Crippen MR) is 116 cm³/mol. The Morgan fingerprint density at radius 1 is 1.17 bits per heavy atom. The number of hydrogen-bond acceptors (Lipinski definition) is 5. The van der Waals surface area contributed by atoms with E-state index in [0.717, 1.165) is 36.1 Å². The fraction of sp³-hybridized carbons (Fsp3) is 0.455. The minimum absolute atomic E-state index is 0.558. The molecule has 0 radical (unpaired) electrons. The molecule has 1 saturated heterocycles. The van der Waals surface area contributed by atoms with Crippen molar-refractivity contribution >= 4 is 5.96 Å². The van der Waals surface area contributed by atoms with Crippen LogP contribution in [0.25, 0.3) is 0 Å². The van der Waals surface area contributed by atoms with Crippen molar-refractivity contribution in [2.75, 3.05) is 33.8 Å². The topological polar surface area (TPSA) is 71.0 Å². The number of hydrogen-bond donors (Lipinski definition) is 2. The third-order valence-electron chi connectivity index (χ3n) is 5.17. The van der Waals surface area contributed by atoms with Gasteiger partial charge in [0.25, 0.3) is 0 Å². The van der Waals surface area contributed by atoms with Crippen LogP contribution in [0.2, 0.25) is 0 Å². The third-order valence-corrected chi connectivity index (χ3v) is 5.17. The molecule has 7 nitrogen and oxygen atoms in total. The molecule has 2 heterocycles. The second-order valence-corrected chi connectivity index (χ2v) is 7.01. The van der Waals surface area contributed by atoms with Crippen LogP contribution in [0.3, 0.4) is 0 Å². The van der Waals surface area contributed by atoms with Gasteiger partial charge >= 0.3 is 0 Å². The van der Waals surface area contributed by atoms with Gasteiger partial charge in [-0.15, -0.1) is 0 Å². The van der Waals surface area contributed by atoms with Gasteiger partial charge in [-0.1, -0.05) is 13.0 Å². The molecule has 2 N–H and O–H groups in total. The van der Waals surface area contributed by atoms with Gasteiger partial charge in [0, 0.05) is 38.4 Å². The maximum absolute atomic E-state index is 5.77. The SMILES string of the molecule is CCN1CCCC1CNC(=NC)NCc1ccc(Oc2ccc(OC)cc2)nc1. The average Bonchev–Trinajstić information content (AvgIpc) is 3.23. The van der Waals surface area contributed by atoms with Crippen molar-refractivity contribution < 1.29 is 9.47 Å². The highest BCUT2D eigenvalue weighted by Gasteiger charge is 2.22. The highest BCUT2D eigenvalue weighted by atomic mass is 16.5. The summed E-state index contributed by atoms with van der Waals surface area (Å²) >= 11 is 0. The van der Waals surface area contributed by atoms with Crippen molar-refractivity contribution in [1.29, 1.82) is 0 Å². The molecule has 1 unspecified atom stereocenters. The first-order valence-electron chi connectivity index (χ1n) is 10.2. The maximum atomic E-state index is 5.77. The Morgan fingerprint density at radius 2 is 1.97 bits per heavy atom. The molecule has 2 aromatic rings. The normalized spacial score (nSPS) is 17.2. The van der Waals surface area contributed by atoms with Crippen LogP contribution in [-0.4, -0.2) is 55.7 Å². The molecule has 1 fully saturated rings. The average molecular weight is 398 g/mol. The van der Waals surface area contributed by atoms with Crippen LogP contribution in [0.4, 0.5) is 0 Å². The van der Waals surface area contributed by atoms with E-state index in [9.17, 15) is 0 Å². The highest BCUT2D eigenvalue weighted by molar-refractivity contribution is 5.79. The number of nitrogens with one attached hydrogen (secondary N) is 2. The molecule has 1 aromatic carbocycles. The van der Waals surface area contributed by atoms with Gasteiger partial charge in [0.15, 0.2) is 5.96 Å². The third kappa shape index (κ3) is 6.09. The van der Waals surface area contributed by atoms with Gasteiger partial charge in [-0.3, -0.25) is 9.89 Å². The molecule has 0 aliphatic carbocycles. The number of benzene rings is 1. The predicted octanol–water partition coefficient (Wildman–Crippen LogP) is 3.03. The van der Waals surface area contributed by atoms with Crippen molar-refractivity contribution in [1.82, 2.24) is 20.5 Å². The Hall–Kier alpha value is -2.80. The van der Waals surface area contributed by atoms with Crippen LogP contribution in [0.1, 0.15) is 25.3 Å². The lowest BCUT2D eigenvalue weighted by Crippen LogP contribution is -2.44. The van der Waals surface area contributed by atoms with Gasteiger partial charge in [-0.25, -0.2) is 4.98 Å². The molecule has 0 spiro atoms. The van der Waals surface area contributed by atoms with E-state index in [-0.39, 0.29) is 0 Å². The van der Waals surface area contributed by atoms with E-state index in [4.69, 9.17) is 9.47 Å². The Morgan fingerprint density at radius 3 is 2.62 bits per heavy atom. The molecule has 7 heteroatoms. The first-order chi connectivity index (χ1) is 14.2. The lowest BCUT2D eigenvalue weighted by molar-refractivity contribution is 0.267. The molecule has 1 aliphatic heterocycles. The van der Waals surface area contributed by atoms with E-state index in [0.29, 0.717) is 18.5 Å². The summed E-state index contributed by atoms with van der Waals surface area (Å²) in [5.74, 6) is 2.89. The Bertz CT molecular complexity index is 777. The zero-order valence-electron chi connectivity index (χ0n) is 17.5. The molecule has 0 saturated carbocycles. The maximum Gasteiger partial charge on any atom is 0.219 e. The molecule has 1 aromatic heterocycles. The number of pyridine rings is 1. The van der Waals surface area contributed by atoms with Gasteiger partial charge < -0.3 is 20.1 Å². The minimum Gasteiger partial charge on any atom is -0.497 e. The Labute approximate surface area is 173 Å². The molecular formula is C22H31N5O2. The van der Waals surface area contributed by atoms with Gasteiger partial charge in [0.1, 0.15) is 11.5 Å². The van der Waals surface area contributed by atoms with Gasteiger partial charge in [0.05, 0.1) is 7.11 Å². The number of aromatic nitrogens is 1. The summed E-state index contributed by atoms with van der Waals surface area (Å²) < 4.78 is 10.9. The van der Waals surface area contributed by atoms with E-state index in [1.807, 2.05) is 42.6 Å². The fourth-order valence-electron chi connectivity index (χ4n) is 3.50. The largest absolute Gasteiger partial charge is 0.497 e. The summed E-state index contributed by atoms with van der Waals surface area (Å²) in [6, 6.07) is 11.9. The number of rotatable bonds is 8. The molecule has 0 bridgehead atoms. The number of methoxy groups -OCH3 is 1. The minimum atomic E-state index is 0.558. The lowest BCUT2D eigenvalue weighted by atomic mass is 10.2. The van der Waals surface area contributed by atoms with Crippen LogP contribution in [0.15, 0.2) is 47.6 Å².